The second-order valence-electron chi connectivity index (χ2n) is 8.92. The van der Waals surface area contributed by atoms with Crippen LogP contribution < -0.4 is 11.2 Å². The average molecular weight is 576 g/mol. The fourth-order valence-electron chi connectivity index (χ4n) is 5.07. The monoisotopic (exact) mass is 575 g/mol. The standard InChI is InChI=1S/C25H23ClIN3O3/c26-20-9-7-18(8-10-20)25-13-19(25)14-28(16-25)11-4-12-29-15-21(27)23(32)30(24(29)33)22(31)17-5-2-1-3-6-17/h1-3,5-10,15,19H,4,11-14,16H2. The van der Waals surface area contributed by atoms with Crippen molar-refractivity contribution in [2.24, 2.45) is 5.92 Å². The second-order valence-corrected chi connectivity index (χ2v) is 10.5. The molecule has 2 aliphatic rings. The number of hydrogen-bond donors (Lipinski definition) is 0. The number of rotatable bonds is 6. The zero-order valence-corrected chi connectivity index (χ0v) is 20.8. The van der Waals surface area contributed by atoms with E-state index in [-0.39, 0.29) is 5.41 Å². The topological polar surface area (TPSA) is 64.3 Å². The van der Waals surface area contributed by atoms with Crippen LogP contribution in [0.4, 0.5) is 0 Å². The number of halogens is 2. The van der Waals surface area contributed by atoms with E-state index in [1.165, 1.54) is 16.6 Å². The average Bonchev–Trinajstić information content (AvgIpc) is 3.39. The molecule has 2 aromatic carbocycles. The van der Waals surface area contributed by atoms with Crippen molar-refractivity contribution in [3.05, 3.63) is 101 Å². The lowest BCUT2D eigenvalue weighted by atomic mass is 9.95. The Kier molecular flexibility index (Phi) is 6.05. The predicted molar refractivity (Wildman–Crippen MR) is 136 cm³/mol. The van der Waals surface area contributed by atoms with Gasteiger partial charge in [0.15, 0.2) is 0 Å². The van der Waals surface area contributed by atoms with Crippen molar-refractivity contribution < 1.29 is 4.79 Å². The zero-order chi connectivity index (χ0) is 23.2. The first kappa shape index (κ1) is 22.6. The number of carbonyl (C=O) groups is 1. The number of aryl methyl sites for hydroxylation is 1. The number of likely N-dealkylation sites (tertiary alicyclic amines) is 1. The van der Waals surface area contributed by atoms with E-state index >= 15 is 0 Å². The van der Waals surface area contributed by atoms with Crippen LogP contribution in [0.1, 0.15) is 28.8 Å². The largest absolute Gasteiger partial charge is 0.338 e. The summed E-state index contributed by atoms with van der Waals surface area (Å²) in [6.07, 6.45) is 3.53. The van der Waals surface area contributed by atoms with E-state index in [1.807, 2.05) is 34.7 Å². The summed E-state index contributed by atoms with van der Waals surface area (Å²) in [7, 11) is 0. The third-order valence-corrected chi connectivity index (χ3v) is 7.84. The molecule has 1 aromatic heterocycles. The molecule has 33 heavy (non-hydrogen) atoms. The Morgan fingerprint density at radius 1 is 1.06 bits per heavy atom. The van der Waals surface area contributed by atoms with Gasteiger partial charge in [0.1, 0.15) is 0 Å². The normalized spacial score (nSPS) is 21.7. The summed E-state index contributed by atoms with van der Waals surface area (Å²) in [5.41, 5.74) is 0.753. The summed E-state index contributed by atoms with van der Waals surface area (Å²) in [6, 6.07) is 16.6. The molecule has 1 aliphatic carbocycles. The van der Waals surface area contributed by atoms with Crippen molar-refractivity contribution in [3.8, 4) is 0 Å². The maximum atomic E-state index is 13.0. The van der Waals surface area contributed by atoms with Gasteiger partial charge in [0.2, 0.25) is 0 Å². The highest BCUT2D eigenvalue weighted by Gasteiger charge is 2.60. The van der Waals surface area contributed by atoms with Gasteiger partial charge in [0.25, 0.3) is 11.5 Å². The fraction of sp³-hybridized carbons (Fsp3) is 0.320. The molecular weight excluding hydrogens is 553 g/mol. The summed E-state index contributed by atoms with van der Waals surface area (Å²) >= 11 is 7.94. The highest BCUT2D eigenvalue weighted by atomic mass is 127. The molecule has 8 heteroatoms. The van der Waals surface area contributed by atoms with E-state index in [9.17, 15) is 14.4 Å². The van der Waals surface area contributed by atoms with Crippen LogP contribution >= 0.6 is 34.2 Å². The molecular formula is C25H23ClIN3O3. The number of hydrogen-bond acceptors (Lipinski definition) is 4. The molecule has 170 valence electrons. The Labute approximate surface area is 209 Å². The minimum absolute atomic E-state index is 0.242. The van der Waals surface area contributed by atoms with Gasteiger partial charge in [-0.2, -0.15) is 4.57 Å². The number of nitrogens with zero attached hydrogens (tertiary/aromatic N) is 3. The summed E-state index contributed by atoms with van der Waals surface area (Å²) in [5, 5.41) is 0.759. The highest BCUT2D eigenvalue weighted by Crippen LogP contribution is 2.59. The van der Waals surface area contributed by atoms with Crippen molar-refractivity contribution >= 4 is 40.1 Å². The van der Waals surface area contributed by atoms with Gasteiger partial charge in [-0.3, -0.25) is 14.2 Å². The molecule has 2 atom stereocenters. The Balaban J connectivity index is 1.27. The smallest absolute Gasteiger partial charge is 0.302 e. The quantitative estimate of drug-likeness (QED) is 0.422. The van der Waals surface area contributed by atoms with Crippen LogP contribution in [0.3, 0.4) is 0 Å². The van der Waals surface area contributed by atoms with E-state index in [0.29, 0.717) is 21.6 Å². The molecule has 0 spiro atoms. The van der Waals surface area contributed by atoms with Gasteiger partial charge >= 0.3 is 5.69 Å². The van der Waals surface area contributed by atoms with E-state index in [1.54, 1.807) is 36.5 Å². The molecule has 1 saturated heterocycles. The van der Waals surface area contributed by atoms with Gasteiger partial charge in [0.05, 0.1) is 3.57 Å². The molecule has 0 N–H and O–H groups in total. The molecule has 1 saturated carbocycles. The molecule has 6 nitrogen and oxygen atoms in total. The number of fused-ring (bicyclic) bond motifs is 1. The van der Waals surface area contributed by atoms with Crippen LogP contribution in [-0.2, 0) is 12.0 Å². The first-order valence-corrected chi connectivity index (χ1v) is 12.4. The third kappa shape index (κ3) is 4.22. The lowest BCUT2D eigenvalue weighted by molar-refractivity contribution is 0.0948. The molecule has 1 aliphatic heterocycles. The predicted octanol–water partition coefficient (Wildman–Crippen LogP) is 3.62. The molecule has 5 rings (SSSR count). The highest BCUT2D eigenvalue weighted by molar-refractivity contribution is 14.1. The van der Waals surface area contributed by atoms with E-state index in [2.05, 4.69) is 17.0 Å². The number of carbonyl (C=O) groups excluding carboxylic acids is 1. The van der Waals surface area contributed by atoms with E-state index in [0.717, 1.165) is 35.6 Å². The van der Waals surface area contributed by atoms with Gasteiger partial charge in [-0.15, -0.1) is 0 Å². The number of benzene rings is 2. The van der Waals surface area contributed by atoms with Crippen LogP contribution in [-0.4, -0.2) is 39.6 Å². The van der Waals surface area contributed by atoms with Crippen molar-refractivity contribution in [2.75, 3.05) is 19.6 Å². The van der Waals surface area contributed by atoms with Gasteiger partial charge in [-0.05, 0) is 77.7 Å². The van der Waals surface area contributed by atoms with Gasteiger partial charge in [-0.1, -0.05) is 41.9 Å². The summed E-state index contributed by atoms with van der Waals surface area (Å²) < 4.78 is 2.58. The molecule has 2 unspecified atom stereocenters. The molecule has 0 bridgehead atoms. The molecule has 0 radical (unpaired) electrons. The second kappa shape index (κ2) is 8.85. The van der Waals surface area contributed by atoms with Crippen LogP contribution in [0.2, 0.25) is 5.02 Å². The first-order chi connectivity index (χ1) is 15.9. The number of piperidine rings is 1. The Morgan fingerprint density at radius 2 is 1.79 bits per heavy atom. The Bertz CT molecular complexity index is 1320. The van der Waals surface area contributed by atoms with Crippen LogP contribution in [0.15, 0.2) is 70.4 Å². The lowest BCUT2D eigenvalue weighted by Crippen LogP contribution is -2.45. The van der Waals surface area contributed by atoms with Gasteiger partial charge in [0, 0.05) is 41.8 Å². The van der Waals surface area contributed by atoms with Crippen molar-refractivity contribution in [2.45, 2.75) is 24.8 Å². The van der Waals surface area contributed by atoms with Crippen molar-refractivity contribution in [1.29, 1.82) is 0 Å². The summed E-state index contributed by atoms with van der Waals surface area (Å²) in [5.74, 6) is 0.0788. The summed E-state index contributed by atoms with van der Waals surface area (Å²) in [4.78, 5) is 40.8. The first-order valence-electron chi connectivity index (χ1n) is 11.0. The SMILES string of the molecule is O=C(c1ccccc1)n1c(=O)c(I)cn(CCCN2CC3CC3(c3ccc(Cl)cc3)C2)c1=O. The van der Waals surface area contributed by atoms with Crippen molar-refractivity contribution in [1.82, 2.24) is 14.0 Å². The van der Waals surface area contributed by atoms with Crippen LogP contribution in [0, 0.1) is 9.49 Å². The minimum atomic E-state index is -0.595. The maximum Gasteiger partial charge on any atom is 0.338 e. The van der Waals surface area contributed by atoms with Crippen LogP contribution in [0.5, 0.6) is 0 Å². The van der Waals surface area contributed by atoms with Crippen LogP contribution in [0.25, 0.3) is 0 Å². The lowest BCUT2D eigenvalue weighted by Gasteiger charge is -2.21. The molecule has 3 aromatic rings. The summed E-state index contributed by atoms with van der Waals surface area (Å²) in [6.45, 7) is 3.38. The number of aromatic nitrogens is 2. The van der Waals surface area contributed by atoms with E-state index in [4.69, 9.17) is 11.6 Å². The Hall–Kier alpha value is -2.23. The zero-order valence-electron chi connectivity index (χ0n) is 17.9. The molecule has 0 amide bonds. The van der Waals surface area contributed by atoms with E-state index < -0.39 is 17.2 Å². The minimum Gasteiger partial charge on any atom is -0.302 e. The molecule has 2 heterocycles. The fourth-order valence-corrected chi connectivity index (χ4v) is 5.77. The van der Waals surface area contributed by atoms with Crippen molar-refractivity contribution in [3.63, 3.8) is 0 Å². The van der Waals surface area contributed by atoms with Gasteiger partial charge in [-0.25, -0.2) is 4.79 Å². The maximum absolute atomic E-state index is 13.0. The molecule has 2 fully saturated rings. The Morgan fingerprint density at radius 3 is 2.52 bits per heavy atom. The third-order valence-electron chi connectivity index (χ3n) is 6.85. The van der Waals surface area contributed by atoms with Gasteiger partial charge < -0.3 is 4.90 Å².